The molecule has 2 radical (unpaired) electrons. The minimum absolute atomic E-state index is 0.0301. The van der Waals surface area contributed by atoms with Crippen LogP contribution >= 0.6 is 8.38 Å². The molecule has 1 heterocycles. The highest BCUT2D eigenvalue weighted by atomic mass is 31.2. The Morgan fingerprint density at radius 1 is 1.29 bits per heavy atom. The highest BCUT2D eigenvalue weighted by Gasteiger charge is 2.46. The van der Waals surface area contributed by atoms with E-state index in [4.69, 9.17) is 37.7 Å². The summed E-state index contributed by atoms with van der Waals surface area (Å²) in [7, 11) is 6.77. The summed E-state index contributed by atoms with van der Waals surface area (Å²) >= 11 is 0. The molecular formula is C16H27BNO5P. The summed E-state index contributed by atoms with van der Waals surface area (Å²) < 4.78 is 29.3. The van der Waals surface area contributed by atoms with Crippen LogP contribution in [0, 0.1) is 6.57 Å². The lowest BCUT2D eigenvalue weighted by molar-refractivity contribution is -0.101. The Morgan fingerprint density at radius 2 is 2.04 bits per heavy atom. The van der Waals surface area contributed by atoms with Gasteiger partial charge in [0.2, 0.25) is 6.54 Å². The Morgan fingerprint density at radius 3 is 2.71 bits per heavy atom. The van der Waals surface area contributed by atoms with Gasteiger partial charge in [-0.15, -0.1) is 0 Å². The standard InChI is InChI=1S/C16H27BNO5P/c1-5-11-14(23-24(4)20-10-9-18-2)15(16(17)22-11)21-13-8-6-7-12(13)19-3/h11-16H,5-10H2,1,3-4H3/t11?,12?,13-,14?,15?,16?,24?/m0/s1. The lowest BCUT2D eigenvalue weighted by Crippen LogP contribution is -2.41. The summed E-state index contributed by atoms with van der Waals surface area (Å²) in [6, 6.07) is -0.510. The molecule has 6 nitrogen and oxygen atoms in total. The van der Waals surface area contributed by atoms with Gasteiger partial charge in [-0.3, -0.25) is 0 Å². The second-order valence-electron chi connectivity index (χ2n) is 6.12. The summed E-state index contributed by atoms with van der Waals surface area (Å²) in [5.41, 5.74) is 0. The largest absolute Gasteiger partial charge is 0.379 e. The van der Waals surface area contributed by atoms with Crippen LogP contribution in [0.25, 0.3) is 4.85 Å². The molecule has 134 valence electrons. The first kappa shape index (κ1) is 20.1. The highest BCUT2D eigenvalue weighted by Crippen LogP contribution is 2.41. The Balaban J connectivity index is 1.96. The van der Waals surface area contributed by atoms with E-state index in [-0.39, 0.29) is 30.5 Å². The van der Waals surface area contributed by atoms with Gasteiger partial charge >= 0.3 is 0 Å². The van der Waals surface area contributed by atoms with E-state index in [0.29, 0.717) is 13.2 Å². The number of hydrogen-bond donors (Lipinski definition) is 0. The summed E-state index contributed by atoms with van der Waals surface area (Å²) in [5, 5.41) is 0. The summed E-state index contributed by atoms with van der Waals surface area (Å²) in [4.78, 5) is 3.28. The molecule has 2 rings (SSSR count). The molecule has 1 saturated carbocycles. The summed E-state index contributed by atoms with van der Waals surface area (Å²) in [6.45, 7) is 11.4. The third-order valence-corrected chi connectivity index (χ3v) is 5.61. The van der Waals surface area contributed by atoms with Gasteiger partial charge in [-0.1, -0.05) is 6.92 Å². The van der Waals surface area contributed by atoms with Gasteiger partial charge in [0, 0.05) is 19.8 Å². The molecule has 24 heavy (non-hydrogen) atoms. The fourth-order valence-corrected chi connectivity index (χ4v) is 4.30. The van der Waals surface area contributed by atoms with Crippen molar-refractivity contribution in [1.29, 1.82) is 0 Å². The van der Waals surface area contributed by atoms with E-state index < -0.39 is 14.4 Å². The lowest BCUT2D eigenvalue weighted by Gasteiger charge is -2.30. The molecule has 7 atom stereocenters. The number of hydrogen-bond acceptors (Lipinski definition) is 5. The average Bonchev–Trinajstić information content (AvgIpc) is 3.14. The highest BCUT2D eigenvalue weighted by molar-refractivity contribution is 7.46. The first-order chi connectivity index (χ1) is 11.6. The predicted molar refractivity (Wildman–Crippen MR) is 93.2 cm³/mol. The molecule has 8 heteroatoms. The molecular weight excluding hydrogens is 328 g/mol. The van der Waals surface area contributed by atoms with Crippen molar-refractivity contribution in [2.45, 2.75) is 69.1 Å². The van der Waals surface area contributed by atoms with Crippen LogP contribution in [0.4, 0.5) is 0 Å². The van der Waals surface area contributed by atoms with Crippen LogP contribution in [0.5, 0.6) is 0 Å². The first-order valence-electron chi connectivity index (χ1n) is 8.56. The molecule has 0 N–H and O–H groups in total. The van der Waals surface area contributed by atoms with Crippen LogP contribution in [-0.2, 0) is 23.3 Å². The molecule has 1 saturated heterocycles. The minimum Gasteiger partial charge on any atom is -0.379 e. The minimum atomic E-state index is -1.10. The van der Waals surface area contributed by atoms with Gasteiger partial charge < -0.3 is 28.1 Å². The van der Waals surface area contributed by atoms with E-state index in [1.54, 1.807) is 7.11 Å². The van der Waals surface area contributed by atoms with Crippen molar-refractivity contribution in [2.24, 2.45) is 0 Å². The first-order valence-corrected chi connectivity index (χ1v) is 10.2. The van der Waals surface area contributed by atoms with Gasteiger partial charge in [0.15, 0.2) is 8.38 Å². The molecule has 0 aromatic heterocycles. The molecule has 6 unspecified atom stereocenters. The van der Waals surface area contributed by atoms with Crippen molar-refractivity contribution in [3.05, 3.63) is 11.4 Å². The van der Waals surface area contributed by atoms with Crippen molar-refractivity contribution < 1.29 is 23.3 Å². The summed E-state index contributed by atoms with van der Waals surface area (Å²) in [6.07, 6.45) is 3.30. The zero-order valence-electron chi connectivity index (χ0n) is 14.7. The van der Waals surface area contributed by atoms with E-state index in [2.05, 4.69) is 4.85 Å². The number of rotatable bonds is 9. The topological polar surface area (TPSA) is 50.5 Å². The van der Waals surface area contributed by atoms with Gasteiger partial charge in [0.1, 0.15) is 26.7 Å². The second-order valence-corrected chi connectivity index (χ2v) is 7.46. The third kappa shape index (κ3) is 5.14. The van der Waals surface area contributed by atoms with Crippen molar-refractivity contribution in [3.63, 3.8) is 0 Å². The van der Waals surface area contributed by atoms with Crippen molar-refractivity contribution in [1.82, 2.24) is 0 Å². The number of nitrogens with zero attached hydrogens (tertiary/aromatic N) is 1. The van der Waals surface area contributed by atoms with Crippen LogP contribution in [0.3, 0.4) is 0 Å². The van der Waals surface area contributed by atoms with Crippen LogP contribution in [0.1, 0.15) is 32.6 Å². The Hall–Kier alpha value is -0.215. The predicted octanol–water partition coefficient (Wildman–Crippen LogP) is 2.51. The zero-order valence-corrected chi connectivity index (χ0v) is 15.6. The molecule has 0 aromatic carbocycles. The molecule has 0 bridgehead atoms. The lowest BCUT2D eigenvalue weighted by atomic mass is 9.92. The molecule has 0 amide bonds. The number of ether oxygens (including phenoxy) is 3. The van der Waals surface area contributed by atoms with Gasteiger partial charge in [-0.2, -0.15) is 0 Å². The third-order valence-electron chi connectivity index (χ3n) is 4.52. The maximum atomic E-state index is 6.80. The van der Waals surface area contributed by atoms with E-state index in [0.717, 1.165) is 25.7 Å². The Kier molecular flexibility index (Phi) is 8.43. The van der Waals surface area contributed by atoms with Crippen LogP contribution in [0.2, 0.25) is 0 Å². The van der Waals surface area contributed by atoms with Crippen LogP contribution < -0.4 is 0 Å². The zero-order chi connectivity index (χ0) is 17.5. The molecule has 0 aromatic rings. The monoisotopic (exact) mass is 355 g/mol. The van der Waals surface area contributed by atoms with Crippen LogP contribution in [0.15, 0.2) is 0 Å². The van der Waals surface area contributed by atoms with E-state index in [9.17, 15) is 0 Å². The Labute approximate surface area is 147 Å². The second kappa shape index (κ2) is 10.1. The van der Waals surface area contributed by atoms with E-state index in [1.165, 1.54) is 0 Å². The quantitative estimate of drug-likeness (QED) is 0.275. The van der Waals surface area contributed by atoms with Crippen LogP contribution in [-0.4, -0.2) is 71.3 Å². The maximum absolute atomic E-state index is 6.80. The molecule has 2 fully saturated rings. The van der Waals surface area contributed by atoms with Crippen molar-refractivity contribution >= 4 is 16.2 Å². The normalized spacial score (nSPS) is 37.4. The average molecular weight is 355 g/mol. The fourth-order valence-electron chi connectivity index (χ4n) is 3.30. The van der Waals surface area contributed by atoms with E-state index in [1.807, 2.05) is 13.6 Å². The number of methoxy groups -OCH3 is 1. The van der Waals surface area contributed by atoms with Gasteiger partial charge in [-0.25, -0.2) is 6.57 Å². The molecule has 2 aliphatic rings. The van der Waals surface area contributed by atoms with Gasteiger partial charge in [0.25, 0.3) is 0 Å². The maximum Gasteiger partial charge on any atom is 0.238 e. The van der Waals surface area contributed by atoms with Crippen molar-refractivity contribution in [2.75, 3.05) is 26.9 Å². The SMILES string of the molecule is [B]C1OC(CC)C(OP(C)OCC[N+]#[C-])C1O[C@H]1CCCC1OC. The summed E-state index contributed by atoms with van der Waals surface area (Å²) in [5.74, 6) is 0. The molecule has 1 aliphatic carbocycles. The molecule has 1 aliphatic heterocycles. The van der Waals surface area contributed by atoms with E-state index >= 15 is 0 Å². The fraction of sp³-hybridized carbons (Fsp3) is 0.938. The smallest absolute Gasteiger partial charge is 0.238 e. The van der Waals surface area contributed by atoms with Gasteiger partial charge in [0.05, 0.1) is 18.3 Å². The Bertz CT molecular complexity index is 424. The van der Waals surface area contributed by atoms with Crippen molar-refractivity contribution in [3.8, 4) is 0 Å². The van der Waals surface area contributed by atoms with Gasteiger partial charge in [-0.05, 0) is 25.7 Å². The molecule has 0 spiro atoms.